The Labute approximate surface area is 192 Å². The molecule has 1 aliphatic rings. The summed E-state index contributed by atoms with van der Waals surface area (Å²) in [6.07, 6.45) is 6.18. The standard InChI is InChI=1S/C27H36N2O3/c1-21(16-22-8-5-4-6-9-22)19-29-15-7-10-23(20-29)11-14-27(30)28-18-24-12-13-25(31-2)17-26(24)32-3/h4-6,8-9,12-13,16-17,23H,7,10-11,14-15,18-20H2,1-3H3,(H,28,30)/b21-16+/t23-/m0/s1. The molecule has 1 amide bonds. The fraction of sp³-hybridized carbons (Fsp3) is 0.444. The third-order valence-electron chi connectivity index (χ3n) is 6.04. The summed E-state index contributed by atoms with van der Waals surface area (Å²) in [6, 6.07) is 16.1. The van der Waals surface area contributed by atoms with E-state index < -0.39 is 0 Å². The number of methoxy groups -OCH3 is 2. The quantitative estimate of drug-likeness (QED) is 0.575. The number of benzene rings is 2. The SMILES string of the molecule is COc1ccc(CNC(=O)CC[C@@H]2CCCN(C/C(C)=C/c3ccccc3)C2)c(OC)c1. The Bertz CT molecular complexity index is 895. The Morgan fingerprint density at radius 1 is 1.16 bits per heavy atom. The van der Waals surface area contributed by atoms with Gasteiger partial charge in [0.2, 0.25) is 5.91 Å². The average molecular weight is 437 g/mol. The predicted molar refractivity (Wildman–Crippen MR) is 130 cm³/mol. The fourth-order valence-corrected chi connectivity index (χ4v) is 4.38. The highest BCUT2D eigenvalue weighted by molar-refractivity contribution is 5.76. The van der Waals surface area contributed by atoms with E-state index >= 15 is 0 Å². The molecule has 0 spiro atoms. The van der Waals surface area contributed by atoms with Gasteiger partial charge in [-0.15, -0.1) is 0 Å². The van der Waals surface area contributed by atoms with Gasteiger partial charge in [-0.05, 0) is 56.3 Å². The molecular formula is C27H36N2O3. The van der Waals surface area contributed by atoms with Crippen LogP contribution in [0.3, 0.4) is 0 Å². The van der Waals surface area contributed by atoms with E-state index in [9.17, 15) is 4.79 Å². The van der Waals surface area contributed by atoms with Crippen molar-refractivity contribution in [2.45, 2.75) is 39.2 Å². The summed E-state index contributed by atoms with van der Waals surface area (Å²) >= 11 is 0. The molecule has 172 valence electrons. The van der Waals surface area contributed by atoms with Gasteiger partial charge in [0.25, 0.3) is 0 Å². The van der Waals surface area contributed by atoms with Crippen LogP contribution in [0.25, 0.3) is 6.08 Å². The van der Waals surface area contributed by atoms with E-state index in [-0.39, 0.29) is 5.91 Å². The average Bonchev–Trinajstić information content (AvgIpc) is 2.82. The fourth-order valence-electron chi connectivity index (χ4n) is 4.38. The molecule has 0 radical (unpaired) electrons. The molecule has 0 unspecified atom stereocenters. The minimum atomic E-state index is 0.0974. The minimum Gasteiger partial charge on any atom is -0.497 e. The number of hydrogen-bond donors (Lipinski definition) is 1. The lowest BCUT2D eigenvalue weighted by Gasteiger charge is -2.33. The first-order chi connectivity index (χ1) is 15.6. The Balaban J connectivity index is 1.42. The summed E-state index contributed by atoms with van der Waals surface area (Å²) in [7, 11) is 3.26. The van der Waals surface area contributed by atoms with Crippen molar-refractivity contribution < 1.29 is 14.3 Å². The van der Waals surface area contributed by atoms with Crippen LogP contribution >= 0.6 is 0 Å². The summed E-state index contributed by atoms with van der Waals surface area (Å²) in [6.45, 7) is 5.87. The lowest BCUT2D eigenvalue weighted by atomic mass is 9.93. The summed E-state index contributed by atoms with van der Waals surface area (Å²) in [5.41, 5.74) is 3.58. The van der Waals surface area contributed by atoms with Gasteiger partial charge < -0.3 is 14.8 Å². The molecule has 1 heterocycles. The van der Waals surface area contributed by atoms with Crippen LogP contribution in [0, 0.1) is 5.92 Å². The predicted octanol–water partition coefficient (Wildman–Crippen LogP) is 4.92. The second-order valence-electron chi connectivity index (χ2n) is 8.64. The molecule has 1 atom stereocenters. The van der Waals surface area contributed by atoms with Crippen LogP contribution in [0.1, 0.15) is 43.7 Å². The van der Waals surface area contributed by atoms with Crippen LogP contribution < -0.4 is 14.8 Å². The topological polar surface area (TPSA) is 50.8 Å². The van der Waals surface area contributed by atoms with E-state index in [1.807, 2.05) is 24.3 Å². The molecule has 1 fully saturated rings. The molecular weight excluding hydrogens is 400 g/mol. The van der Waals surface area contributed by atoms with Crippen LogP contribution in [0.4, 0.5) is 0 Å². The van der Waals surface area contributed by atoms with Crippen molar-refractivity contribution in [3.63, 3.8) is 0 Å². The van der Waals surface area contributed by atoms with E-state index in [0.29, 0.717) is 18.9 Å². The number of carbonyl (C=O) groups excluding carboxylic acids is 1. The minimum absolute atomic E-state index is 0.0974. The van der Waals surface area contributed by atoms with Crippen molar-refractivity contribution in [1.82, 2.24) is 10.2 Å². The van der Waals surface area contributed by atoms with Crippen molar-refractivity contribution >= 4 is 12.0 Å². The van der Waals surface area contributed by atoms with Gasteiger partial charge in [0, 0.05) is 37.7 Å². The van der Waals surface area contributed by atoms with E-state index in [1.165, 1.54) is 24.0 Å². The van der Waals surface area contributed by atoms with Gasteiger partial charge in [0.15, 0.2) is 0 Å². The Hall–Kier alpha value is -2.79. The molecule has 1 saturated heterocycles. The van der Waals surface area contributed by atoms with Gasteiger partial charge in [-0.1, -0.05) is 42.0 Å². The Morgan fingerprint density at radius 3 is 2.72 bits per heavy atom. The Kier molecular flexibility index (Phi) is 9.17. The van der Waals surface area contributed by atoms with Gasteiger partial charge >= 0.3 is 0 Å². The highest BCUT2D eigenvalue weighted by atomic mass is 16.5. The third kappa shape index (κ3) is 7.41. The lowest BCUT2D eigenvalue weighted by Crippen LogP contribution is -2.37. The lowest BCUT2D eigenvalue weighted by molar-refractivity contribution is -0.121. The van der Waals surface area contributed by atoms with Crippen molar-refractivity contribution in [2.24, 2.45) is 5.92 Å². The molecule has 0 aromatic heterocycles. The van der Waals surface area contributed by atoms with Gasteiger partial charge in [-0.3, -0.25) is 9.69 Å². The number of carbonyl (C=O) groups is 1. The van der Waals surface area contributed by atoms with E-state index in [4.69, 9.17) is 9.47 Å². The maximum absolute atomic E-state index is 12.4. The number of piperidine rings is 1. The summed E-state index contributed by atoms with van der Waals surface area (Å²) < 4.78 is 10.6. The number of hydrogen-bond acceptors (Lipinski definition) is 4. The van der Waals surface area contributed by atoms with Crippen LogP contribution in [-0.4, -0.2) is 44.7 Å². The van der Waals surface area contributed by atoms with Crippen molar-refractivity contribution in [1.29, 1.82) is 0 Å². The van der Waals surface area contributed by atoms with Crippen molar-refractivity contribution in [2.75, 3.05) is 33.9 Å². The molecule has 1 N–H and O–H groups in total. The molecule has 0 saturated carbocycles. The zero-order chi connectivity index (χ0) is 22.8. The highest BCUT2D eigenvalue weighted by Crippen LogP contribution is 2.25. The summed E-state index contributed by atoms with van der Waals surface area (Å²) in [4.78, 5) is 15.0. The van der Waals surface area contributed by atoms with Gasteiger partial charge in [-0.25, -0.2) is 0 Å². The summed E-state index contributed by atoms with van der Waals surface area (Å²) in [5, 5.41) is 3.04. The van der Waals surface area contributed by atoms with Crippen molar-refractivity contribution in [3.8, 4) is 11.5 Å². The van der Waals surface area contributed by atoms with E-state index in [2.05, 4.69) is 47.5 Å². The zero-order valence-corrected chi connectivity index (χ0v) is 19.6. The first-order valence-electron chi connectivity index (χ1n) is 11.5. The van der Waals surface area contributed by atoms with Crippen LogP contribution in [0.5, 0.6) is 11.5 Å². The smallest absolute Gasteiger partial charge is 0.220 e. The molecule has 5 heteroatoms. The van der Waals surface area contributed by atoms with Crippen molar-refractivity contribution in [3.05, 3.63) is 65.2 Å². The highest BCUT2D eigenvalue weighted by Gasteiger charge is 2.20. The van der Waals surface area contributed by atoms with Crippen LogP contribution in [-0.2, 0) is 11.3 Å². The number of ether oxygens (including phenoxy) is 2. The number of likely N-dealkylation sites (tertiary alicyclic amines) is 1. The second kappa shape index (κ2) is 12.3. The van der Waals surface area contributed by atoms with Gasteiger partial charge in [0.05, 0.1) is 14.2 Å². The molecule has 0 bridgehead atoms. The molecule has 5 nitrogen and oxygen atoms in total. The van der Waals surface area contributed by atoms with E-state index in [1.54, 1.807) is 14.2 Å². The summed E-state index contributed by atoms with van der Waals surface area (Å²) in [5.74, 6) is 2.15. The maximum atomic E-state index is 12.4. The van der Waals surface area contributed by atoms with Crippen LogP contribution in [0.2, 0.25) is 0 Å². The molecule has 32 heavy (non-hydrogen) atoms. The second-order valence-corrected chi connectivity index (χ2v) is 8.64. The first kappa shape index (κ1) is 23.9. The molecule has 1 aliphatic heterocycles. The largest absolute Gasteiger partial charge is 0.497 e. The Morgan fingerprint density at radius 2 is 1.97 bits per heavy atom. The van der Waals surface area contributed by atoms with E-state index in [0.717, 1.165) is 43.1 Å². The zero-order valence-electron chi connectivity index (χ0n) is 19.6. The monoisotopic (exact) mass is 436 g/mol. The van der Waals surface area contributed by atoms with Crippen LogP contribution in [0.15, 0.2) is 54.1 Å². The molecule has 2 aromatic carbocycles. The molecule has 2 aromatic rings. The normalized spacial score (nSPS) is 17.1. The molecule has 3 rings (SSSR count). The number of nitrogens with zero attached hydrogens (tertiary/aromatic N) is 1. The molecule has 0 aliphatic carbocycles. The number of amides is 1. The van der Waals surface area contributed by atoms with Gasteiger partial charge in [-0.2, -0.15) is 0 Å². The number of rotatable bonds is 10. The maximum Gasteiger partial charge on any atom is 0.220 e. The third-order valence-corrected chi connectivity index (χ3v) is 6.04. The first-order valence-corrected chi connectivity index (χ1v) is 11.5. The number of nitrogens with one attached hydrogen (secondary N) is 1. The van der Waals surface area contributed by atoms with Gasteiger partial charge in [0.1, 0.15) is 11.5 Å².